The number of carbonyl (C=O) groups excluding carboxylic acids is 2. The number of fused-ring (bicyclic) bond motifs is 1. The first kappa shape index (κ1) is 16.6. The molecule has 2 aromatic rings. The summed E-state index contributed by atoms with van der Waals surface area (Å²) in [6.45, 7) is 1.14. The third-order valence-electron chi connectivity index (χ3n) is 4.58. The molecule has 1 aliphatic carbocycles. The van der Waals surface area contributed by atoms with Gasteiger partial charge in [-0.1, -0.05) is 11.3 Å². The molecule has 134 valence electrons. The van der Waals surface area contributed by atoms with E-state index in [4.69, 9.17) is 9.47 Å². The molecule has 3 heterocycles. The molecule has 0 radical (unpaired) electrons. The minimum Gasteiger partial charge on any atom is -0.465 e. The van der Waals surface area contributed by atoms with Crippen molar-refractivity contribution >= 4 is 44.2 Å². The minimum absolute atomic E-state index is 0.00752. The summed E-state index contributed by atoms with van der Waals surface area (Å²) < 4.78 is 11.6. The molecule has 2 fully saturated rings. The molecular formula is C16H19N3O4S2. The van der Waals surface area contributed by atoms with Gasteiger partial charge in [-0.15, -0.1) is 11.3 Å². The summed E-state index contributed by atoms with van der Waals surface area (Å²) in [5.74, 6) is -0.00752. The van der Waals surface area contributed by atoms with Crippen molar-refractivity contribution in [3.05, 3.63) is 10.9 Å². The van der Waals surface area contributed by atoms with Crippen LogP contribution in [0.5, 0.6) is 5.19 Å². The standard InChI is InChI=1S/C16H19N3O4S2/c1-22-16(21)19-6-5-10(8-19)23-15-18-14-12(25-15)7-11(24-14)13(20)17-9-3-2-4-9/h7,9-10H,2-6,8H2,1H3,(H,17,20)/t10-/m1/s1. The summed E-state index contributed by atoms with van der Waals surface area (Å²) in [4.78, 5) is 31.3. The lowest BCUT2D eigenvalue weighted by atomic mass is 9.93. The maximum Gasteiger partial charge on any atom is 0.409 e. The number of nitrogens with zero attached hydrogens (tertiary/aromatic N) is 2. The average molecular weight is 381 g/mol. The molecule has 1 aliphatic heterocycles. The van der Waals surface area contributed by atoms with Crippen molar-refractivity contribution in [2.24, 2.45) is 0 Å². The molecule has 2 aromatic heterocycles. The van der Waals surface area contributed by atoms with E-state index >= 15 is 0 Å². The fraction of sp³-hybridized carbons (Fsp3) is 0.562. The van der Waals surface area contributed by atoms with Crippen LogP contribution in [0.2, 0.25) is 0 Å². The molecular weight excluding hydrogens is 362 g/mol. The Labute approximate surface area is 152 Å². The summed E-state index contributed by atoms with van der Waals surface area (Å²) in [6, 6.07) is 2.22. The van der Waals surface area contributed by atoms with Crippen LogP contribution in [0.15, 0.2) is 6.07 Å². The summed E-state index contributed by atoms with van der Waals surface area (Å²) in [5.41, 5.74) is 0. The average Bonchev–Trinajstić information content (AvgIpc) is 3.24. The maximum atomic E-state index is 12.2. The highest BCUT2D eigenvalue weighted by atomic mass is 32.1. The third kappa shape index (κ3) is 3.43. The largest absolute Gasteiger partial charge is 0.465 e. The molecule has 1 atom stereocenters. The van der Waals surface area contributed by atoms with E-state index in [9.17, 15) is 9.59 Å². The zero-order chi connectivity index (χ0) is 17.4. The monoisotopic (exact) mass is 381 g/mol. The van der Waals surface area contributed by atoms with Gasteiger partial charge in [-0.05, 0) is 25.3 Å². The van der Waals surface area contributed by atoms with Crippen LogP contribution in [0, 0.1) is 0 Å². The molecule has 4 rings (SSSR count). The van der Waals surface area contributed by atoms with Gasteiger partial charge in [0.05, 0.1) is 23.2 Å². The van der Waals surface area contributed by atoms with Crippen LogP contribution in [-0.4, -0.2) is 54.2 Å². The maximum absolute atomic E-state index is 12.2. The fourth-order valence-electron chi connectivity index (χ4n) is 2.95. The Kier molecular flexibility index (Phi) is 4.51. The number of rotatable bonds is 4. The Balaban J connectivity index is 1.38. The van der Waals surface area contributed by atoms with Crippen molar-refractivity contribution in [1.29, 1.82) is 0 Å². The molecule has 1 N–H and O–H groups in total. The van der Waals surface area contributed by atoms with Crippen LogP contribution >= 0.6 is 22.7 Å². The van der Waals surface area contributed by atoms with Gasteiger partial charge in [0.15, 0.2) is 0 Å². The van der Waals surface area contributed by atoms with E-state index in [0.717, 1.165) is 28.8 Å². The number of hydrogen-bond donors (Lipinski definition) is 1. The number of amides is 2. The highest BCUT2D eigenvalue weighted by molar-refractivity contribution is 7.28. The van der Waals surface area contributed by atoms with Crippen molar-refractivity contribution in [2.45, 2.75) is 37.8 Å². The van der Waals surface area contributed by atoms with Gasteiger partial charge in [0, 0.05) is 19.0 Å². The van der Waals surface area contributed by atoms with E-state index in [1.807, 2.05) is 6.07 Å². The van der Waals surface area contributed by atoms with Gasteiger partial charge in [-0.25, -0.2) is 4.79 Å². The lowest BCUT2D eigenvalue weighted by molar-refractivity contribution is 0.0921. The van der Waals surface area contributed by atoms with Gasteiger partial charge in [-0.2, -0.15) is 4.98 Å². The Morgan fingerprint density at radius 3 is 2.84 bits per heavy atom. The van der Waals surface area contributed by atoms with Crippen molar-refractivity contribution in [2.75, 3.05) is 20.2 Å². The van der Waals surface area contributed by atoms with Crippen molar-refractivity contribution in [3.8, 4) is 5.19 Å². The van der Waals surface area contributed by atoms with E-state index in [-0.39, 0.29) is 18.1 Å². The van der Waals surface area contributed by atoms with E-state index in [1.54, 1.807) is 4.90 Å². The van der Waals surface area contributed by atoms with E-state index < -0.39 is 0 Å². The number of aromatic nitrogens is 1. The Morgan fingerprint density at radius 1 is 1.32 bits per heavy atom. The number of methoxy groups -OCH3 is 1. The van der Waals surface area contributed by atoms with E-state index in [1.165, 1.54) is 36.2 Å². The first-order valence-electron chi connectivity index (χ1n) is 8.33. The van der Waals surface area contributed by atoms with Crippen molar-refractivity contribution in [3.63, 3.8) is 0 Å². The molecule has 2 amide bonds. The number of carbonyl (C=O) groups is 2. The Hall–Kier alpha value is -1.87. The molecule has 1 saturated heterocycles. The van der Waals surface area contributed by atoms with Crippen molar-refractivity contribution in [1.82, 2.24) is 15.2 Å². The molecule has 0 unspecified atom stereocenters. The fourth-order valence-corrected chi connectivity index (χ4v) is 4.98. The molecule has 0 aromatic carbocycles. The normalized spacial score (nSPS) is 20.5. The van der Waals surface area contributed by atoms with Gasteiger partial charge in [0.25, 0.3) is 11.1 Å². The van der Waals surface area contributed by atoms with Crippen LogP contribution in [0.25, 0.3) is 9.53 Å². The van der Waals surface area contributed by atoms with Crippen LogP contribution < -0.4 is 10.1 Å². The van der Waals surface area contributed by atoms with Crippen LogP contribution in [0.1, 0.15) is 35.4 Å². The van der Waals surface area contributed by atoms with Gasteiger partial charge in [-0.3, -0.25) is 4.79 Å². The zero-order valence-corrected chi connectivity index (χ0v) is 15.5. The minimum atomic E-state index is -0.326. The van der Waals surface area contributed by atoms with Crippen LogP contribution in [0.3, 0.4) is 0 Å². The molecule has 1 saturated carbocycles. The summed E-state index contributed by atoms with van der Waals surface area (Å²) in [7, 11) is 1.38. The first-order chi connectivity index (χ1) is 12.1. The number of nitrogens with one attached hydrogen (secondary N) is 1. The quantitative estimate of drug-likeness (QED) is 0.881. The highest BCUT2D eigenvalue weighted by Crippen LogP contribution is 2.35. The number of hydrogen-bond acceptors (Lipinski definition) is 7. The van der Waals surface area contributed by atoms with Gasteiger partial charge >= 0.3 is 6.09 Å². The SMILES string of the molecule is COC(=O)N1CC[C@@H](Oc2nc3sc(C(=O)NC4CCC4)cc3s2)C1. The van der Waals surface area contributed by atoms with E-state index in [0.29, 0.717) is 29.2 Å². The van der Waals surface area contributed by atoms with Gasteiger partial charge < -0.3 is 19.7 Å². The Bertz CT molecular complexity index is 767. The zero-order valence-electron chi connectivity index (χ0n) is 13.8. The lowest BCUT2D eigenvalue weighted by Gasteiger charge is -2.25. The Morgan fingerprint density at radius 2 is 2.16 bits per heavy atom. The van der Waals surface area contributed by atoms with E-state index in [2.05, 4.69) is 10.3 Å². The number of thiazole rings is 1. The molecule has 25 heavy (non-hydrogen) atoms. The molecule has 7 nitrogen and oxygen atoms in total. The second-order valence-electron chi connectivity index (χ2n) is 6.31. The second-order valence-corrected chi connectivity index (χ2v) is 8.33. The number of ether oxygens (including phenoxy) is 2. The molecule has 2 aliphatic rings. The predicted molar refractivity (Wildman–Crippen MR) is 95.6 cm³/mol. The molecule has 9 heteroatoms. The van der Waals surface area contributed by atoms with Crippen LogP contribution in [0.4, 0.5) is 4.79 Å². The van der Waals surface area contributed by atoms with Crippen LogP contribution in [-0.2, 0) is 4.74 Å². The van der Waals surface area contributed by atoms with Gasteiger partial charge in [0.2, 0.25) is 0 Å². The van der Waals surface area contributed by atoms with Gasteiger partial charge in [0.1, 0.15) is 10.9 Å². The lowest BCUT2D eigenvalue weighted by Crippen LogP contribution is -2.39. The summed E-state index contributed by atoms with van der Waals surface area (Å²) in [6.07, 6.45) is 3.71. The third-order valence-corrected chi connectivity index (χ3v) is 6.63. The summed E-state index contributed by atoms with van der Waals surface area (Å²) in [5, 5.41) is 3.63. The first-order valence-corrected chi connectivity index (χ1v) is 9.96. The number of likely N-dealkylation sites (tertiary alicyclic amines) is 1. The predicted octanol–water partition coefficient (Wildman–Crippen LogP) is 2.86. The van der Waals surface area contributed by atoms with Crippen molar-refractivity contribution < 1.29 is 19.1 Å². The summed E-state index contributed by atoms with van der Waals surface area (Å²) >= 11 is 2.83. The molecule has 0 bridgehead atoms. The smallest absolute Gasteiger partial charge is 0.409 e. The highest BCUT2D eigenvalue weighted by Gasteiger charge is 2.29. The molecule has 0 spiro atoms. The topological polar surface area (TPSA) is 80.8 Å². The number of thiophene rings is 1. The second kappa shape index (κ2) is 6.80.